The number of hydrogen-bond donors (Lipinski definition) is 1. The number of nitrogens with zero attached hydrogens (tertiary/aromatic N) is 1. The van der Waals surface area contributed by atoms with E-state index < -0.39 is 0 Å². The van der Waals surface area contributed by atoms with Gasteiger partial charge in [-0.25, -0.2) is 0 Å². The van der Waals surface area contributed by atoms with E-state index in [0.717, 1.165) is 19.4 Å². The van der Waals surface area contributed by atoms with Gasteiger partial charge in [0.2, 0.25) is 0 Å². The number of methoxy groups -OCH3 is 1. The Morgan fingerprint density at radius 2 is 2.33 bits per heavy atom. The predicted molar refractivity (Wildman–Crippen MR) is 59.4 cm³/mol. The number of carbonyl (C=O) groups is 1. The molecule has 3 atom stereocenters. The number of nitrogens with two attached hydrogens (primary N) is 1. The van der Waals surface area contributed by atoms with E-state index in [1.807, 2.05) is 4.90 Å². The maximum atomic E-state index is 12.0. The van der Waals surface area contributed by atoms with E-state index in [-0.39, 0.29) is 18.1 Å². The summed E-state index contributed by atoms with van der Waals surface area (Å²) < 4.78 is 5.06. The van der Waals surface area contributed by atoms with Crippen molar-refractivity contribution in [1.82, 2.24) is 4.90 Å². The number of piperidine rings is 1. The molecule has 4 heteroatoms. The van der Waals surface area contributed by atoms with Crippen LogP contribution in [-0.4, -0.2) is 43.2 Å². The van der Waals surface area contributed by atoms with Crippen molar-refractivity contribution < 1.29 is 9.53 Å². The Labute approximate surface area is 91.8 Å². The van der Waals surface area contributed by atoms with Crippen molar-refractivity contribution in [1.29, 1.82) is 0 Å². The van der Waals surface area contributed by atoms with Gasteiger partial charge in [-0.1, -0.05) is 6.92 Å². The van der Waals surface area contributed by atoms with Crippen LogP contribution in [0.5, 0.6) is 0 Å². The van der Waals surface area contributed by atoms with Crippen molar-refractivity contribution in [2.24, 2.45) is 11.7 Å². The molecule has 0 bridgehead atoms. The van der Waals surface area contributed by atoms with E-state index in [1.165, 1.54) is 0 Å². The molecule has 15 heavy (non-hydrogen) atoms. The molecule has 0 aliphatic carbocycles. The van der Waals surface area contributed by atoms with Gasteiger partial charge >= 0.3 is 0 Å². The van der Waals surface area contributed by atoms with Crippen LogP contribution in [0.2, 0.25) is 0 Å². The molecule has 88 valence electrons. The van der Waals surface area contributed by atoms with Crippen molar-refractivity contribution in [3.63, 3.8) is 0 Å². The number of ether oxygens (including phenoxy) is 1. The van der Waals surface area contributed by atoms with Crippen LogP contribution in [-0.2, 0) is 9.53 Å². The second kappa shape index (κ2) is 5.47. The van der Waals surface area contributed by atoms with Crippen LogP contribution in [0.15, 0.2) is 0 Å². The largest absolute Gasteiger partial charge is 0.372 e. The van der Waals surface area contributed by atoms with Gasteiger partial charge in [-0.05, 0) is 25.7 Å². The van der Waals surface area contributed by atoms with Crippen molar-refractivity contribution in [2.75, 3.05) is 20.2 Å². The van der Waals surface area contributed by atoms with Crippen LogP contribution in [0.25, 0.3) is 0 Å². The van der Waals surface area contributed by atoms with Gasteiger partial charge in [0.25, 0.3) is 5.91 Å². The highest BCUT2D eigenvalue weighted by molar-refractivity contribution is 5.81. The fourth-order valence-corrected chi connectivity index (χ4v) is 2.22. The number of carbonyl (C=O) groups excluding carboxylic acids is 1. The van der Waals surface area contributed by atoms with E-state index in [4.69, 9.17) is 10.5 Å². The third-order valence-corrected chi connectivity index (χ3v) is 3.34. The Morgan fingerprint density at radius 3 is 2.87 bits per heavy atom. The lowest BCUT2D eigenvalue weighted by atomic mass is 9.90. The second-order valence-corrected chi connectivity index (χ2v) is 4.33. The Kier molecular flexibility index (Phi) is 4.54. The monoisotopic (exact) mass is 214 g/mol. The molecule has 1 fully saturated rings. The SMILES string of the molecule is COC(C)C(=O)N1CCCC(C)C1CN. The lowest BCUT2D eigenvalue weighted by molar-refractivity contribution is -0.145. The summed E-state index contributed by atoms with van der Waals surface area (Å²) in [4.78, 5) is 13.9. The smallest absolute Gasteiger partial charge is 0.251 e. The predicted octanol–water partition coefficient (Wildman–Crippen LogP) is 0.607. The molecule has 4 nitrogen and oxygen atoms in total. The zero-order chi connectivity index (χ0) is 11.4. The van der Waals surface area contributed by atoms with Crippen molar-refractivity contribution >= 4 is 5.91 Å². The highest BCUT2D eigenvalue weighted by Gasteiger charge is 2.32. The lowest BCUT2D eigenvalue weighted by Gasteiger charge is -2.40. The van der Waals surface area contributed by atoms with Crippen molar-refractivity contribution in [2.45, 2.75) is 38.8 Å². The molecule has 3 unspecified atom stereocenters. The summed E-state index contributed by atoms with van der Waals surface area (Å²) in [7, 11) is 1.56. The molecule has 1 rings (SSSR count). The highest BCUT2D eigenvalue weighted by Crippen LogP contribution is 2.23. The van der Waals surface area contributed by atoms with E-state index in [0.29, 0.717) is 12.5 Å². The van der Waals surface area contributed by atoms with Crippen LogP contribution >= 0.6 is 0 Å². The minimum Gasteiger partial charge on any atom is -0.372 e. The maximum absolute atomic E-state index is 12.0. The zero-order valence-electron chi connectivity index (χ0n) is 9.90. The molecule has 1 saturated heterocycles. The maximum Gasteiger partial charge on any atom is 0.251 e. The molecule has 1 aliphatic heterocycles. The van der Waals surface area contributed by atoms with Gasteiger partial charge in [0.05, 0.1) is 0 Å². The average Bonchev–Trinajstić information content (AvgIpc) is 2.26. The first-order valence-corrected chi connectivity index (χ1v) is 5.65. The molecule has 0 saturated carbocycles. The first-order chi connectivity index (χ1) is 7.11. The average molecular weight is 214 g/mol. The topological polar surface area (TPSA) is 55.6 Å². The van der Waals surface area contributed by atoms with Gasteiger partial charge in [-0.15, -0.1) is 0 Å². The molecule has 1 amide bonds. The van der Waals surface area contributed by atoms with Crippen LogP contribution in [0.4, 0.5) is 0 Å². The minimum absolute atomic E-state index is 0.0690. The molecule has 0 aromatic rings. The Hall–Kier alpha value is -0.610. The zero-order valence-corrected chi connectivity index (χ0v) is 9.90. The van der Waals surface area contributed by atoms with Crippen LogP contribution in [0.1, 0.15) is 26.7 Å². The second-order valence-electron chi connectivity index (χ2n) is 4.33. The standard InChI is InChI=1S/C11H22N2O2/c1-8-5-4-6-13(10(8)7-12)11(14)9(2)15-3/h8-10H,4-7,12H2,1-3H3. The number of hydrogen-bond acceptors (Lipinski definition) is 3. The summed E-state index contributed by atoms with van der Waals surface area (Å²) in [6.45, 7) is 5.31. The first-order valence-electron chi connectivity index (χ1n) is 5.65. The molecule has 1 heterocycles. The summed E-state index contributed by atoms with van der Waals surface area (Å²) in [5, 5.41) is 0. The summed E-state index contributed by atoms with van der Waals surface area (Å²) in [5.74, 6) is 0.566. The molecule has 0 aromatic carbocycles. The minimum atomic E-state index is -0.357. The van der Waals surface area contributed by atoms with E-state index >= 15 is 0 Å². The van der Waals surface area contributed by atoms with Gasteiger partial charge in [-0.2, -0.15) is 0 Å². The summed E-state index contributed by atoms with van der Waals surface area (Å²) in [6.07, 6.45) is 1.87. The molecule has 0 spiro atoms. The number of likely N-dealkylation sites (tertiary alicyclic amines) is 1. The summed E-state index contributed by atoms with van der Waals surface area (Å²) in [6, 6.07) is 0.184. The summed E-state index contributed by atoms with van der Waals surface area (Å²) in [5.41, 5.74) is 5.73. The molecular formula is C11H22N2O2. The van der Waals surface area contributed by atoms with E-state index in [9.17, 15) is 4.79 Å². The molecule has 1 aliphatic rings. The van der Waals surface area contributed by atoms with Crippen molar-refractivity contribution in [3.05, 3.63) is 0 Å². The summed E-state index contributed by atoms with van der Waals surface area (Å²) >= 11 is 0. The van der Waals surface area contributed by atoms with Gasteiger partial charge in [0.15, 0.2) is 0 Å². The van der Waals surface area contributed by atoms with Gasteiger partial charge in [0, 0.05) is 26.2 Å². The third kappa shape index (κ3) is 2.69. The lowest BCUT2D eigenvalue weighted by Crippen LogP contribution is -2.54. The van der Waals surface area contributed by atoms with E-state index in [1.54, 1.807) is 14.0 Å². The van der Waals surface area contributed by atoms with Crippen LogP contribution < -0.4 is 5.73 Å². The van der Waals surface area contributed by atoms with Gasteiger partial charge in [-0.3, -0.25) is 4.79 Å². The highest BCUT2D eigenvalue weighted by atomic mass is 16.5. The Bertz CT molecular complexity index is 221. The van der Waals surface area contributed by atoms with Gasteiger partial charge in [0.1, 0.15) is 6.10 Å². The molecular weight excluding hydrogens is 192 g/mol. The van der Waals surface area contributed by atoms with Crippen LogP contribution in [0.3, 0.4) is 0 Å². The molecule has 0 aromatic heterocycles. The van der Waals surface area contributed by atoms with E-state index in [2.05, 4.69) is 6.92 Å². The number of amides is 1. The Balaban J connectivity index is 2.69. The van der Waals surface area contributed by atoms with Crippen molar-refractivity contribution in [3.8, 4) is 0 Å². The third-order valence-electron chi connectivity index (χ3n) is 3.34. The Morgan fingerprint density at radius 1 is 1.67 bits per heavy atom. The molecule has 2 N–H and O–H groups in total. The number of rotatable bonds is 3. The fourth-order valence-electron chi connectivity index (χ4n) is 2.22. The van der Waals surface area contributed by atoms with Crippen LogP contribution in [0, 0.1) is 5.92 Å². The normalized spacial score (nSPS) is 28.9. The van der Waals surface area contributed by atoms with Gasteiger partial charge < -0.3 is 15.4 Å². The quantitative estimate of drug-likeness (QED) is 0.749. The first kappa shape index (κ1) is 12.5. The fraction of sp³-hybridized carbons (Fsp3) is 0.909. The molecule has 0 radical (unpaired) electrons.